The molecule has 0 saturated carbocycles. The lowest BCUT2D eigenvalue weighted by atomic mass is 10.5. The van der Waals surface area contributed by atoms with Crippen LogP contribution in [0.1, 0.15) is 12.6 Å². The summed E-state index contributed by atoms with van der Waals surface area (Å²) in [7, 11) is 0. The number of aliphatic hydroxyl groups excluding tert-OH is 1. The molecule has 0 radical (unpaired) electrons. The molecular formula is C8H12N2OS. The Bertz CT molecular complexity index is 255. The molecule has 0 aliphatic rings. The molecule has 0 aliphatic heterocycles. The topological polar surface area (TPSA) is 46.0 Å². The van der Waals surface area contributed by atoms with Crippen LogP contribution in [-0.4, -0.2) is 26.9 Å². The van der Waals surface area contributed by atoms with E-state index < -0.39 is 0 Å². The number of hydrogen-bond acceptors (Lipinski definition) is 4. The number of rotatable bonds is 3. The van der Waals surface area contributed by atoms with Crippen molar-refractivity contribution in [2.75, 3.05) is 6.61 Å². The average molecular weight is 184 g/mol. The minimum atomic E-state index is 0.174. The molecule has 0 saturated heterocycles. The smallest absolute Gasteiger partial charge is 0.116 e. The normalized spacial score (nSPS) is 12.9. The lowest BCUT2D eigenvalue weighted by Gasteiger charge is -2.05. The summed E-state index contributed by atoms with van der Waals surface area (Å²) in [6.07, 6.45) is 1.54. The first kappa shape index (κ1) is 9.48. The molecule has 66 valence electrons. The number of nitrogens with zero attached hydrogens (tertiary/aromatic N) is 2. The predicted octanol–water partition coefficient (Wildman–Crippen LogP) is 1.26. The van der Waals surface area contributed by atoms with Gasteiger partial charge in [-0.15, -0.1) is 11.8 Å². The fourth-order valence-electron chi connectivity index (χ4n) is 0.738. The van der Waals surface area contributed by atoms with Gasteiger partial charge < -0.3 is 5.11 Å². The van der Waals surface area contributed by atoms with Crippen LogP contribution in [0.25, 0.3) is 0 Å². The molecule has 1 aromatic rings. The molecule has 4 heteroatoms. The molecule has 0 aromatic carbocycles. The monoisotopic (exact) mass is 184 g/mol. The van der Waals surface area contributed by atoms with Gasteiger partial charge in [0.05, 0.1) is 11.6 Å². The fourth-order valence-corrected chi connectivity index (χ4v) is 1.57. The summed E-state index contributed by atoms with van der Waals surface area (Å²) >= 11 is 1.56. The van der Waals surface area contributed by atoms with Gasteiger partial charge in [0.1, 0.15) is 6.33 Å². The van der Waals surface area contributed by atoms with E-state index in [2.05, 4.69) is 9.97 Å². The highest BCUT2D eigenvalue weighted by Gasteiger charge is 2.03. The van der Waals surface area contributed by atoms with E-state index in [1.165, 1.54) is 0 Å². The largest absolute Gasteiger partial charge is 0.395 e. The first-order valence-corrected chi connectivity index (χ1v) is 4.66. The third kappa shape index (κ3) is 2.79. The van der Waals surface area contributed by atoms with Crippen LogP contribution in [0.2, 0.25) is 0 Å². The maximum absolute atomic E-state index is 8.80. The van der Waals surface area contributed by atoms with E-state index in [0.717, 1.165) is 10.7 Å². The molecule has 12 heavy (non-hydrogen) atoms. The Morgan fingerprint density at radius 3 is 2.92 bits per heavy atom. The van der Waals surface area contributed by atoms with Gasteiger partial charge in [0.15, 0.2) is 0 Å². The van der Waals surface area contributed by atoms with Crippen LogP contribution in [0.3, 0.4) is 0 Å². The summed E-state index contributed by atoms with van der Waals surface area (Å²) in [6.45, 7) is 4.06. The Labute approximate surface area is 76.2 Å². The second-order valence-corrected chi connectivity index (χ2v) is 4.07. The summed E-state index contributed by atoms with van der Waals surface area (Å²) in [5, 5.41) is 9.92. The number of aromatic nitrogens is 2. The Kier molecular flexibility index (Phi) is 3.49. The zero-order chi connectivity index (χ0) is 8.97. The van der Waals surface area contributed by atoms with Crippen molar-refractivity contribution in [2.45, 2.75) is 24.1 Å². The molecule has 1 N–H and O–H groups in total. The molecule has 1 aromatic heterocycles. The van der Waals surface area contributed by atoms with Gasteiger partial charge in [0.2, 0.25) is 0 Å². The molecule has 1 unspecified atom stereocenters. The molecule has 0 bridgehead atoms. The van der Waals surface area contributed by atoms with Crippen molar-refractivity contribution in [1.82, 2.24) is 9.97 Å². The van der Waals surface area contributed by atoms with Crippen molar-refractivity contribution < 1.29 is 5.11 Å². The minimum absolute atomic E-state index is 0.174. The van der Waals surface area contributed by atoms with Gasteiger partial charge in [-0.05, 0) is 13.0 Å². The van der Waals surface area contributed by atoms with Gasteiger partial charge >= 0.3 is 0 Å². The van der Waals surface area contributed by atoms with E-state index in [9.17, 15) is 0 Å². The quantitative estimate of drug-likeness (QED) is 0.567. The lowest BCUT2D eigenvalue weighted by Crippen LogP contribution is -2.02. The summed E-state index contributed by atoms with van der Waals surface area (Å²) < 4.78 is 0. The Hall–Kier alpha value is -0.610. The zero-order valence-corrected chi connectivity index (χ0v) is 8.01. The number of aliphatic hydroxyl groups is 1. The van der Waals surface area contributed by atoms with E-state index in [4.69, 9.17) is 5.11 Å². The van der Waals surface area contributed by atoms with Crippen molar-refractivity contribution in [3.05, 3.63) is 18.1 Å². The van der Waals surface area contributed by atoms with Crippen LogP contribution < -0.4 is 0 Å². The molecule has 0 fully saturated rings. The van der Waals surface area contributed by atoms with Crippen LogP contribution in [0.4, 0.5) is 0 Å². The Morgan fingerprint density at radius 1 is 1.58 bits per heavy atom. The maximum Gasteiger partial charge on any atom is 0.116 e. The van der Waals surface area contributed by atoms with E-state index >= 15 is 0 Å². The third-order valence-electron chi connectivity index (χ3n) is 1.36. The summed E-state index contributed by atoms with van der Waals surface area (Å²) in [5.41, 5.74) is 0.956. The maximum atomic E-state index is 8.80. The van der Waals surface area contributed by atoms with Crippen molar-refractivity contribution in [2.24, 2.45) is 0 Å². The fraction of sp³-hybridized carbons (Fsp3) is 0.500. The van der Waals surface area contributed by atoms with Crippen LogP contribution >= 0.6 is 11.8 Å². The van der Waals surface area contributed by atoms with Gasteiger partial charge in [-0.2, -0.15) is 0 Å². The first-order chi connectivity index (χ1) is 5.72. The number of hydrogen-bond donors (Lipinski definition) is 1. The minimum Gasteiger partial charge on any atom is -0.395 e. The summed E-state index contributed by atoms with van der Waals surface area (Å²) in [6, 6.07) is 1.91. The van der Waals surface area contributed by atoms with E-state index in [0.29, 0.717) is 0 Å². The molecule has 0 aliphatic carbocycles. The van der Waals surface area contributed by atoms with Gasteiger partial charge in [0, 0.05) is 10.9 Å². The van der Waals surface area contributed by atoms with Crippen LogP contribution in [0.15, 0.2) is 17.4 Å². The van der Waals surface area contributed by atoms with Crippen molar-refractivity contribution in [3.8, 4) is 0 Å². The predicted molar refractivity (Wildman–Crippen MR) is 49.2 cm³/mol. The average Bonchev–Trinajstić information content (AvgIpc) is 2.04. The molecule has 0 amide bonds. The Balaban J connectivity index is 2.63. The van der Waals surface area contributed by atoms with Crippen molar-refractivity contribution in [1.29, 1.82) is 0 Å². The van der Waals surface area contributed by atoms with Crippen LogP contribution in [0, 0.1) is 6.92 Å². The van der Waals surface area contributed by atoms with Crippen LogP contribution in [0.5, 0.6) is 0 Å². The van der Waals surface area contributed by atoms with E-state index in [-0.39, 0.29) is 11.9 Å². The number of thioether (sulfide) groups is 1. The highest BCUT2D eigenvalue weighted by molar-refractivity contribution is 7.99. The van der Waals surface area contributed by atoms with Crippen molar-refractivity contribution in [3.63, 3.8) is 0 Å². The second-order valence-electron chi connectivity index (χ2n) is 2.61. The zero-order valence-electron chi connectivity index (χ0n) is 7.19. The van der Waals surface area contributed by atoms with Crippen molar-refractivity contribution >= 4 is 11.8 Å². The molecular weight excluding hydrogens is 172 g/mol. The first-order valence-electron chi connectivity index (χ1n) is 3.78. The second kappa shape index (κ2) is 4.42. The molecule has 3 nitrogen and oxygen atoms in total. The molecule has 1 atom stereocenters. The molecule has 0 spiro atoms. The van der Waals surface area contributed by atoms with E-state index in [1.54, 1.807) is 18.1 Å². The van der Waals surface area contributed by atoms with Crippen LogP contribution in [-0.2, 0) is 0 Å². The summed E-state index contributed by atoms with van der Waals surface area (Å²) in [4.78, 5) is 8.05. The Morgan fingerprint density at radius 2 is 2.33 bits per heavy atom. The SMILES string of the molecule is Cc1cc(SC(C)CO)ncn1. The van der Waals surface area contributed by atoms with Gasteiger partial charge in [-0.25, -0.2) is 9.97 Å². The van der Waals surface area contributed by atoms with E-state index in [1.807, 2.05) is 19.9 Å². The standard InChI is InChI=1S/C8H12N2OS/c1-6-3-8(10-5-9-6)12-7(2)4-11/h3,5,7,11H,4H2,1-2H3. The van der Waals surface area contributed by atoms with Gasteiger partial charge in [0.25, 0.3) is 0 Å². The third-order valence-corrected chi connectivity index (χ3v) is 2.37. The summed E-state index contributed by atoms with van der Waals surface area (Å²) in [5.74, 6) is 0. The lowest BCUT2D eigenvalue weighted by molar-refractivity contribution is 0.300. The van der Waals surface area contributed by atoms with Gasteiger partial charge in [-0.3, -0.25) is 0 Å². The van der Waals surface area contributed by atoms with Gasteiger partial charge in [-0.1, -0.05) is 6.92 Å². The molecule has 1 heterocycles. The highest BCUT2D eigenvalue weighted by Crippen LogP contribution is 2.19. The molecule has 1 rings (SSSR count). The number of aryl methyl sites for hydroxylation is 1. The highest BCUT2D eigenvalue weighted by atomic mass is 32.2.